The van der Waals surface area contributed by atoms with Crippen LogP contribution in [0.3, 0.4) is 0 Å². The highest BCUT2D eigenvalue weighted by Gasteiger charge is 2.32. The lowest BCUT2D eigenvalue weighted by molar-refractivity contribution is 0.184. The highest BCUT2D eigenvalue weighted by molar-refractivity contribution is 5.22. The zero-order chi connectivity index (χ0) is 13.9. The summed E-state index contributed by atoms with van der Waals surface area (Å²) in [4.78, 5) is 2.35. The number of hydrogen-bond acceptors (Lipinski definition) is 2. The maximum atomic E-state index is 14.2. The minimum atomic E-state index is -0.0531. The first kappa shape index (κ1) is 14.0. The summed E-state index contributed by atoms with van der Waals surface area (Å²) in [5.41, 5.74) is 0.875. The highest BCUT2D eigenvalue weighted by atomic mass is 19.1. The SMILES string of the molecule is CN1CCCCC(CNC2CC2)C1c1ccccc1F. The Hall–Kier alpha value is -0.930. The first-order valence-electron chi connectivity index (χ1n) is 7.94. The Morgan fingerprint density at radius 3 is 2.75 bits per heavy atom. The molecule has 1 heterocycles. The van der Waals surface area contributed by atoms with E-state index in [4.69, 9.17) is 0 Å². The van der Waals surface area contributed by atoms with Gasteiger partial charge in [-0.25, -0.2) is 4.39 Å². The number of likely N-dealkylation sites (tertiary alicyclic amines) is 1. The monoisotopic (exact) mass is 276 g/mol. The summed E-state index contributed by atoms with van der Waals surface area (Å²) in [6.45, 7) is 2.09. The molecule has 3 rings (SSSR count). The van der Waals surface area contributed by atoms with E-state index in [1.54, 1.807) is 12.1 Å². The third-order valence-electron chi connectivity index (χ3n) is 4.73. The highest BCUT2D eigenvalue weighted by Crippen LogP contribution is 2.35. The predicted molar refractivity (Wildman–Crippen MR) is 80.1 cm³/mol. The number of nitrogens with zero attached hydrogens (tertiary/aromatic N) is 1. The van der Waals surface area contributed by atoms with Crippen LogP contribution in [0.4, 0.5) is 4.39 Å². The van der Waals surface area contributed by atoms with Gasteiger partial charge in [0.2, 0.25) is 0 Å². The van der Waals surface area contributed by atoms with Gasteiger partial charge >= 0.3 is 0 Å². The predicted octanol–water partition coefficient (Wildman–Crippen LogP) is 3.35. The lowest BCUT2D eigenvalue weighted by Crippen LogP contribution is -2.36. The molecule has 20 heavy (non-hydrogen) atoms. The van der Waals surface area contributed by atoms with Crippen LogP contribution in [0.1, 0.15) is 43.7 Å². The molecule has 1 aromatic rings. The van der Waals surface area contributed by atoms with Crippen molar-refractivity contribution in [1.82, 2.24) is 10.2 Å². The van der Waals surface area contributed by atoms with E-state index < -0.39 is 0 Å². The zero-order valence-electron chi connectivity index (χ0n) is 12.3. The van der Waals surface area contributed by atoms with Crippen molar-refractivity contribution in [3.05, 3.63) is 35.6 Å². The van der Waals surface area contributed by atoms with Crippen molar-refractivity contribution in [2.45, 2.75) is 44.2 Å². The van der Waals surface area contributed by atoms with Gasteiger partial charge in [0.25, 0.3) is 0 Å². The van der Waals surface area contributed by atoms with E-state index in [0.717, 1.165) is 24.7 Å². The Bertz CT molecular complexity index is 444. The van der Waals surface area contributed by atoms with Crippen LogP contribution >= 0.6 is 0 Å². The molecule has 2 fully saturated rings. The van der Waals surface area contributed by atoms with Gasteiger partial charge in [-0.3, -0.25) is 4.90 Å². The minimum absolute atomic E-state index is 0.0531. The summed E-state index contributed by atoms with van der Waals surface area (Å²) < 4.78 is 14.2. The van der Waals surface area contributed by atoms with Crippen molar-refractivity contribution in [1.29, 1.82) is 0 Å². The van der Waals surface area contributed by atoms with Gasteiger partial charge in [-0.1, -0.05) is 24.6 Å². The quantitative estimate of drug-likeness (QED) is 0.907. The van der Waals surface area contributed by atoms with Crippen molar-refractivity contribution in [2.24, 2.45) is 5.92 Å². The van der Waals surface area contributed by atoms with E-state index in [9.17, 15) is 4.39 Å². The van der Waals surface area contributed by atoms with Crippen LogP contribution in [0, 0.1) is 11.7 Å². The Morgan fingerprint density at radius 2 is 2.00 bits per heavy atom. The van der Waals surface area contributed by atoms with E-state index in [2.05, 4.69) is 17.3 Å². The van der Waals surface area contributed by atoms with Crippen molar-refractivity contribution in [3.63, 3.8) is 0 Å². The lowest BCUT2D eigenvalue weighted by atomic mass is 9.89. The summed E-state index contributed by atoms with van der Waals surface area (Å²) in [5.74, 6) is 0.461. The molecule has 0 amide bonds. The van der Waals surface area contributed by atoms with E-state index >= 15 is 0 Å². The second kappa shape index (κ2) is 6.23. The van der Waals surface area contributed by atoms with Crippen LogP contribution in [0.25, 0.3) is 0 Å². The van der Waals surface area contributed by atoms with Crippen LogP contribution in [0.15, 0.2) is 24.3 Å². The summed E-state index contributed by atoms with van der Waals surface area (Å²) >= 11 is 0. The third-order valence-corrected chi connectivity index (χ3v) is 4.73. The van der Waals surface area contributed by atoms with E-state index in [1.165, 1.54) is 32.1 Å². The standard InChI is InChI=1S/C17H25FN2/c1-20-11-5-4-6-13(12-19-14-9-10-14)17(20)15-7-2-3-8-16(15)18/h2-3,7-8,13-14,17,19H,4-6,9-12H2,1H3. The summed E-state index contributed by atoms with van der Waals surface area (Å²) in [6, 6.07) is 8.25. The molecule has 1 aliphatic carbocycles. The van der Waals surface area contributed by atoms with Crippen LogP contribution in [-0.2, 0) is 0 Å². The molecule has 3 heteroatoms. The third kappa shape index (κ3) is 3.21. The molecule has 2 nitrogen and oxygen atoms in total. The Labute approximate surface area is 121 Å². The molecule has 1 aromatic carbocycles. The molecule has 1 saturated carbocycles. The van der Waals surface area contributed by atoms with Crippen molar-refractivity contribution in [2.75, 3.05) is 20.1 Å². The summed E-state index contributed by atoms with van der Waals surface area (Å²) in [6.07, 6.45) is 6.30. The van der Waals surface area contributed by atoms with E-state index in [0.29, 0.717) is 5.92 Å². The first-order valence-corrected chi connectivity index (χ1v) is 7.94. The maximum absolute atomic E-state index is 14.2. The van der Waals surface area contributed by atoms with Crippen LogP contribution < -0.4 is 5.32 Å². The van der Waals surface area contributed by atoms with Crippen molar-refractivity contribution < 1.29 is 4.39 Å². The largest absolute Gasteiger partial charge is 0.314 e. The van der Waals surface area contributed by atoms with Crippen molar-refractivity contribution >= 4 is 0 Å². The second-order valence-electron chi connectivity index (χ2n) is 6.39. The molecule has 2 atom stereocenters. The number of hydrogen-bond donors (Lipinski definition) is 1. The average Bonchev–Trinajstić information content (AvgIpc) is 3.26. The van der Waals surface area contributed by atoms with E-state index in [-0.39, 0.29) is 11.9 Å². The molecule has 0 aromatic heterocycles. The molecule has 110 valence electrons. The summed E-state index contributed by atoms with van der Waals surface area (Å²) in [7, 11) is 2.15. The molecule has 0 bridgehead atoms. The van der Waals surface area contributed by atoms with Crippen LogP contribution in [-0.4, -0.2) is 31.1 Å². The van der Waals surface area contributed by atoms with Gasteiger partial charge in [0.1, 0.15) is 5.82 Å². The van der Waals surface area contributed by atoms with Gasteiger partial charge in [0, 0.05) is 24.2 Å². The fourth-order valence-corrected chi connectivity index (χ4v) is 3.45. The molecule has 2 unspecified atom stereocenters. The lowest BCUT2D eigenvalue weighted by Gasteiger charge is -2.33. The number of rotatable bonds is 4. The molecule has 0 spiro atoms. The molecule has 1 aliphatic heterocycles. The molecule has 1 saturated heterocycles. The Kier molecular flexibility index (Phi) is 4.37. The summed E-state index contributed by atoms with van der Waals surface area (Å²) in [5, 5.41) is 3.64. The topological polar surface area (TPSA) is 15.3 Å². The van der Waals surface area contributed by atoms with Gasteiger partial charge < -0.3 is 5.32 Å². The first-order chi connectivity index (χ1) is 9.75. The molecular formula is C17H25FN2. The maximum Gasteiger partial charge on any atom is 0.127 e. The Morgan fingerprint density at radius 1 is 1.20 bits per heavy atom. The van der Waals surface area contributed by atoms with Gasteiger partial charge in [-0.2, -0.15) is 0 Å². The number of halogens is 1. The van der Waals surface area contributed by atoms with Crippen molar-refractivity contribution in [3.8, 4) is 0 Å². The molecule has 0 radical (unpaired) electrons. The fraction of sp³-hybridized carbons (Fsp3) is 0.647. The zero-order valence-corrected chi connectivity index (χ0v) is 12.3. The van der Waals surface area contributed by atoms with Crippen LogP contribution in [0.2, 0.25) is 0 Å². The Balaban J connectivity index is 1.81. The smallest absolute Gasteiger partial charge is 0.127 e. The van der Waals surface area contributed by atoms with E-state index in [1.807, 2.05) is 12.1 Å². The van der Waals surface area contributed by atoms with Gasteiger partial charge in [-0.15, -0.1) is 0 Å². The fourth-order valence-electron chi connectivity index (χ4n) is 3.45. The van der Waals surface area contributed by atoms with Gasteiger partial charge in [0.15, 0.2) is 0 Å². The minimum Gasteiger partial charge on any atom is -0.314 e. The van der Waals surface area contributed by atoms with Crippen LogP contribution in [0.5, 0.6) is 0 Å². The second-order valence-corrected chi connectivity index (χ2v) is 6.39. The molecular weight excluding hydrogens is 251 g/mol. The van der Waals surface area contributed by atoms with Gasteiger partial charge in [-0.05, 0) is 51.3 Å². The molecule has 2 aliphatic rings. The average molecular weight is 276 g/mol. The number of benzene rings is 1. The van der Waals surface area contributed by atoms with Gasteiger partial charge in [0.05, 0.1) is 0 Å². The number of nitrogens with one attached hydrogen (secondary N) is 1. The molecule has 1 N–H and O–H groups in total. The normalized spacial score (nSPS) is 28.3.